The largest absolute Gasteiger partial charge is 1.00 e. The molecular formula is C6H8KNO. The van der Waals surface area contributed by atoms with Gasteiger partial charge in [0.15, 0.2) is 0 Å². The minimum atomic E-state index is 0. The number of nitrogens with two attached hydrogens (primary N) is 1. The molecule has 3 heteroatoms. The Kier molecular flexibility index (Phi) is 9.21. The van der Waals surface area contributed by atoms with Gasteiger partial charge in [-0.25, -0.2) is 0 Å². The van der Waals surface area contributed by atoms with Crippen molar-refractivity contribution in [1.29, 1.82) is 0 Å². The first-order chi connectivity index (χ1) is 3.39. The number of anilines is 1. The molecule has 0 aliphatic rings. The van der Waals surface area contributed by atoms with Crippen molar-refractivity contribution in [1.82, 2.24) is 0 Å². The molecule has 0 bridgehead atoms. The smallest absolute Gasteiger partial charge is 0.870 e. The SMILES string of the molecule is Nc1ccccc1.[K+].[OH-]. The van der Waals surface area contributed by atoms with Gasteiger partial charge in [-0.05, 0) is 12.1 Å². The van der Waals surface area contributed by atoms with Crippen LogP contribution in [0.5, 0.6) is 0 Å². The molecule has 0 saturated carbocycles. The Morgan fingerprint density at radius 3 is 1.67 bits per heavy atom. The molecule has 1 aromatic carbocycles. The van der Waals surface area contributed by atoms with Crippen LogP contribution in [0.15, 0.2) is 30.3 Å². The second kappa shape index (κ2) is 6.73. The van der Waals surface area contributed by atoms with Gasteiger partial charge in [-0.3, -0.25) is 0 Å². The van der Waals surface area contributed by atoms with E-state index in [4.69, 9.17) is 5.73 Å². The van der Waals surface area contributed by atoms with Crippen LogP contribution >= 0.6 is 0 Å². The number of hydrogen-bond donors (Lipinski definition) is 1. The first-order valence-corrected chi connectivity index (χ1v) is 2.20. The van der Waals surface area contributed by atoms with Crippen molar-refractivity contribution in [3.05, 3.63) is 30.3 Å². The molecule has 0 aliphatic carbocycles. The van der Waals surface area contributed by atoms with Gasteiger partial charge in [0, 0.05) is 5.69 Å². The zero-order valence-electron chi connectivity index (χ0n) is 5.41. The second-order valence-corrected chi connectivity index (χ2v) is 1.41. The zero-order valence-corrected chi connectivity index (χ0v) is 8.53. The average Bonchev–Trinajstić information content (AvgIpc) is 1.69. The summed E-state index contributed by atoms with van der Waals surface area (Å²) >= 11 is 0. The fourth-order valence-electron chi connectivity index (χ4n) is 0.453. The summed E-state index contributed by atoms with van der Waals surface area (Å²) in [6, 6.07) is 9.49. The van der Waals surface area contributed by atoms with Gasteiger partial charge in [0.2, 0.25) is 0 Å². The number of para-hydroxylation sites is 1. The van der Waals surface area contributed by atoms with Crippen molar-refractivity contribution in [2.75, 3.05) is 5.73 Å². The van der Waals surface area contributed by atoms with Gasteiger partial charge in [-0.15, -0.1) is 0 Å². The zero-order chi connectivity index (χ0) is 5.11. The van der Waals surface area contributed by atoms with Crippen molar-refractivity contribution in [2.24, 2.45) is 0 Å². The van der Waals surface area contributed by atoms with Gasteiger partial charge in [-0.1, -0.05) is 18.2 Å². The Hall–Kier alpha value is 0.616. The molecule has 0 heterocycles. The van der Waals surface area contributed by atoms with Crippen molar-refractivity contribution in [3.63, 3.8) is 0 Å². The average molecular weight is 149 g/mol. The Labute approximate surface area is 97.2 Å². The summed E-state index contributed by atoms with van der Waals surface area (Å²) in [7, 11) is 0. The molecule has 3 N–H and O–H groups in total. The number of benzene rings is 1. The van der Waals surface area contributed by atoms with Gasteiger partial charge in [-0.2, -0.15) is 0 Å². The molecule has 0 atom stereocenters. The van der Waals surface area contributed by atoms with E-state index < -0.39 is 0 Å². The molecule has 2 nitrogen and oxygen atoms in total. The molecule has 0 aliphatic heterocycles. The number of rotatable bonds is 0. The fraction of sp³-hybridized carbons (Fsp3) is 0. The van der Waals surface area contributed by atoms with Crippen LogP contribution in [0.25, 0.3) is 0 Å². The summed E-state index contributed by atoms with van der Waals surface area (Å²) in [6.07, 6.45) is 0. The molecule has 0 radical (unpaired) electrons. The van der Waals surface area contributed by atoms with Crippen LogP contribution in [0.4, 0.5) is 5.69 Å². The van der Waals surface area contributed by atoms with E-state index in [1.54, 1.807) is 0 Å². The molecule has 0 amide bonds. The van der Waals surface area contributed by atoms with E-state index in [2.05, 4.69) is 0 Å². The number of nitrogen functional groups attached to an aromatic ring is 1. The third-order valence-corrected chi connectivity index (χ3v) is 0.800. The minimum absolute atomic E-state index is 0. The summed E-state index contributed by atoms with van der Waals surface area (Å²) in [5.41, 5.74) is 6.18. The standard InChI is InChI=1S/C6H7N.K.H2O/c7-6-4-2-1-3-5-6;;/h1-5H,7H2;;1H2/q;+1;/p-1. The van der Waals surface area contributed by atoms with Crippen LogP contribution in [0.2, 0.25) is 0 Å². The third kappa shape index (κ3) is 5.08. The van der Waals surface area contributed by atoms with Crippen LogP contribution in [-0.2, 0) is 0 Å². The van der Waals surface area contributed by atoms with Gasteiger partial charge in [0.25, 0.3) is 0 Å². The van der Waals surface area contributed by atoms with Crippen molar-refractivity contribution >= 4 is 5.69 Å². The van der Waals surface area contributed by atoms with Gasteiger partial charge in [0.1, 0.15) is 0 Å². The van der Waals surface area contributed by atoms with E-state index in [0.29, 0.717) is 0 Å². The summed E-state index contributed by atoms with van der Waals surface area (Å²) in [5, 5.41) is 0. The number of hydrogen-bond acceptors (Lipinski definition) is 2. The fourth-order valence-corrected chi connectivity index (χ4v) is 0.453. The van der Waals surface area contributed by atoms with E-state index in [1.165, 1.54) is 0 Å². The van der Waals surface area contributed by atoms with E-state index in [-0.39, 0.29) is 56.9 Å². The first-order valence-electron chi connectivity index (χ1n) is 2.20. The second-order valence-electron chi connectivity index (χ2n) is 1.41. The monoisotopic (exact) mass is 149 g/mol. The van der Waals surface area contributed by atoms with E-state index in [0.717, 1.165) is 5.69 Å². The van der Waals surface area contributed by atoms with Gasteiger partial charge >= 0.3 is 51.4 Å². The summed E-state index contributed by atoms with van der Waals surface area (Å²) in [6.45, 7) is 0. The first kappa shape index (κ1) is 12.3. The topological polar surface area (TPSA) is 56.0 Å². The molecule has 1 aromatic rings. The molecule has 44 valence electrons. The van der Waals surface area contributed by atoms with Crippen molar-refractivity contribution in [3.8, 4) is 0 Å². The van der Waals surface area contributed by atoms with Crippen molar-refractivity contribution in [2.45, 2.75) is 0 Å². The molecule has 1 rings (SSSR count). The maximum Gasteiger partial charge on any atom is 1.00 e. The van der Waals surface area contributed by atoms with E-state index in [1.807, 2.05) is 30.3 Å². The van der Waals surface area contributed by atoms with Crippen LogP contribution in [-0.4, -0.2) is 5.48 Å². The maximum absolute atomic E-state index is 5.36. The summed E-state index contributed by atoms with van der Waals surface area (Å²) in [4.78, 5) is 0. The molecule has 0 fully saturated rings. The molecule has 0 spiro atoms. The van der Waals surface area contributed by atoms with Crippen molar-refractivity contribution < 1.29 is 56.9 Å². The minimum Gasteiger partial charge on any atom is -0.870 e. The quantitative estimate of drug-likeness (QED) is 0.346. The van der Waals surface area contributed by atoms with Crippen LogP contribution < -0.4 is 57.1 Å². The maximum atomic E-state index is 5.36. The summed E-state index contributed by atoms with van der Waals surface area (Å²) < 4.78 is 0. The van der Waals surface area contributed by atoms with Crippen LogP contribution in [0.3, 0.4) is 0 Å². The normalized spacial score (nSPS) is 6.67. The Morgan fingerprint density at radius 2 is 1.44 bits per heavy atom. The van der Waals surface area contributed by atoms with Gasteiger partial charge in [0.05, 0.1) is 0 Å². The third-order valence-electron chi connectivity index (χ3n) is 0.800. The van der Waals surface area contributed by atoms with E-state index >= 15 is 0 Å². The summed E-state index contributed by atoms with van der Waals surface area (Å²) in [5.74, 6) is 0. The van der Waals surface area contributed by atoms with Gasteiger partial charge < -0.3 is 11.2 Å². The van der Waals surface area contributed by atoms with Crippen LogP contribution in [0, 0.1) is 0 Å². The molecule has 0 aromatic heterocycles. The molecule has 0 saturated heterocycles. The van der Waals surface area contributed by atoms with Crippen LogP contribution in [0.1, 0.15) is 0 Å². The predicted molar refractivity (Wildman–Crippen MR) is 32.8 cm³/mol. The Morgan fingerprint density at radius 1 is 1.00 bits per heavy atom. The Balaban J connectivity index is 0. The molecule has 0 unspecified atom stereocenters. The molecular weight excluding hydrogens is 141 g/mol. The predicted octanol–water partition coefficient (Wildman–Crippen LogP) is -1.90. The van der Waals surface area contributed by atoms with E-state index in [9.17, 15) is 0 Å². The Bertz CT molecular complexity index is 143. The molecule has 9 heavy (non-hydrogen) atoms.